The second-order valence-electron chi connectivity index (χ2n) is 39.5. The van der Waals surface area contributed by atoms with Gasteiger partial charge in [0.05, 0.1) is 22.2 Å². The van der Waals surface area contributed by atoms with Gasteiger partial charge in [0.2, 0.25) is 0 Å². The summed E-state index contributed by atoms with van der Waals surface area (Å²) in [6.45, 7) is 26.6. The predicted molar refractivity (Wildman–Crippen MR) is 517 cm³/mol. The second kappa shape index (κ2) is 26.6. The van der Waals surface area contributed by atoms with Crippen molar-refractivity contribution in [3.05, 3.63) is 302 Å². The van der Waals surface area contributed by atoms with Crippen LogP contribution in [0.3, 0.4) is 0 Å². The average Bonchev–Trinajstić information content (AvgIpc) is 1.47. The zero-order valence-electron chi connectivity index (χ0n) is 72.6. The Morgan fingerprint density at radius 3 is 0.919 bits per heavy atom. The first kappa shape index (κ1) is 74.6. The van der Waals surface area contributed by atoms with Crippen LogP contribution in [0.2, 0.25) is 0 Å². The molecule has 3 aromatic heterocycles. The third-order valence-electron chi connectivity index (χ3n) is 34.4. The van der Waals surface area contributed by atoms with Crippen LogP contribution in [0.4, 0.5) is 39.8 Å². The summed E-state index contributed by atoms with van der Waals surface area (Å²) in [5, 5.41) is 15.6. The lowest BCUT2D eigenvalue weighted by Gasteiger charge is -2.50. The molecule has 4 aliphatic carbocycles. The van der Waals surface area contributed by atoms with Gasteiger partial charge in [0.15, 0.2) is 0 Å². The maximum atomic E-state index is 4.56. The lowest BCUT2D eigenvalue weighted by molar-refractivity contribution is 0.192. The van der Waals surface area contributed by atoms with E-state index in [-0.39, 0.29) is 43.8 Å². The number of anilines is 7. The molecule has 123 heavy (non-hydrogen) atoms. The number of rotatable bonds is 12. The Hall–Kier alpha value is -12.3. The SMILES string of the molecule is C=N/C=C\C(=C/C)N1c2ccc(-c3ccc4c5c(-c6ccccc6)c6c7ccc(-c8ccc9c(c8)C8(C)CCCCC8(C)N9c8ccncc8)c8c(-c9ccc%10c(c9)C9(C)CCCCC9(C)N%10c9ccncc9)ccc(c6c(-c6ccccc6)c5c5ccc(-c6ccc9c(c6)C6(C)CCCCC6(C)N9c6ccncc6)c3c45)c87)cc2C2(C)CCCCC12C. The van der Waals surface area contributed by atoms with Gasteiger partial charge in [-0.2, -0.15) is 0 Å². The van der Waals surface area contributed by atoms with Crippen LogP contribution in [0.5, 0.6) is 0 Å². The maximum Gasteiger partial charge on any atom is 0.0517 e. The third-order valence-corrected chi connectivity index (χ3v) is 34.4. The highest BCUT2D eigenvalue weighted by molar-refractivity contribution is 6.48. The topological polar surface area (TPSA) is 64.0 Å². The first-order chi connectivity index (χ1) is 59.9. The Morgan fingerprint density at radius 2 is 0.602 bits per heavy atom. The molecule has 0 saturated heterocycles. The van der Waals surface area contributed by atoms with E-state index in [9.17, 15) is 0 Å². The molecule has 0 amide bonds. The van der Waals surface area contributed by atoms with Gasteiger partial charge in [0.25, 0.3) is 0 Å². The maximum absolute atomic E-state index is 4.56. The first-order valence-corrected chi connectivity index (χ1v) is 45.8. The molecule has 0 N–H and O–H groups in total. The van der Waals surface area contributed by atoms with E-state index in [0.29, 0.717) is 0 Å². The number of allylic oxidation sites excluding steroid dienone is 2. The number of benzene rings is 11. The minimum atomic E-state index is -0.164. The van der Waals surface area contributed by atoms with E-state index in [1.807, 2.05) is 43.4 Å². The van der Waals surface area contributed by atoms with Crippen LogP contribution < -0.4 is 19.6 Å². The molecule has 0 radical (unpaired) electrons. The van der Waals surface area contributed by atoms with Gasteiger partial charge < -0.3 is 19.6 Å². The molecule has 8 heteroatoms. The van der Waals surface area contributed by atoms with Gasteiger partial charge >= 0.3 is 0 Å². The smallest absolute Gasteiger partial charge is 0.0517 e. The molecular formula is C115H106N8. The predicted octanol–water partition coefficient (Wildman–Crippen LogP) is 30.4. The van der Waals surface area contributed by atoms with Gasteiger partial charge in [-0.1, -0.05) is 219 Å². The van der Waals surface area contributed by atoms with Crippen molar-refractivity contribution >= 4 is 111 Å². The molecule has 24 rings (SSSR count). The monoisotopic (exact) mass is 1600 g/mol. The van der Waals surface area contributed by atoms with Crippen LogP contribution in [-0.2, 0) is 21.7 Å². The molecule has 4 saturated carbocycles. The van der Waals surface area contributed by atoms with Crippen molar-refractivity contribution in [3.63, 3.8) is 0 Å². The van der Waals surface area contributed by atoms with Crippen molar-refractivity contribution in [2.24, 2.45) is 4.99 Å². The Labute approximate surface area is 723 Å². The lowest BCUT2D eigenvalue weighted by Crippen LogP contribution is -2.55. The fourth-order valence-electron chi connectivity index (χ4n) is 27.5. The van der Waals surface area contributed by atoms with Gasteiger partial charge in [0, 0.05) is 111 Å². The number of hydrogen-bond acceptors (Lipinski definition) is 8. The Morgan fingerprint density at radius 1 is 0.309 bits per heavy atom. The van der Waals surface area contributed by atoms with Gasteiger partial charge in [-0.15, -0.1) is 0 Å². The zero-order valence-corrected chi connectivity index (χ0v) is 72.6. The molecule has 0 spiro atoms. The molecule has 8 unspecified atom stereocenters. The molecule has 8 aliphatic rings. The van der Waals surface area contributed by atoms with E-state index >= 15 is 0 Å². The molecule has 7 heterocycles. The molecule has 16 aromatic rings. The van der Waals surface area contributed by atoms with Gasteiger partial charge in [-0.05, 0) is 337 Å². The molecule has 4 aliphatic heterocycles. The van der Waals surface area contributed by atoms with E-state index in [1.165, 1.54) is 245 Å². The van der Waals surface area contributed by atoms with Crippen LogP contribution in [0.15, 0.2) is 285 Å². The molecule has 13 aromatic carbocycles. The van der Waals surface area contributed by atoms with Crippen molar-refractivity contribution in [1.82, 2.24) is 15.0 Å². The summed E-state index contributed by atoms with van der Waals surface area (Å²) in [7, 11) is 0. The van der Waals surface area contributed by atoms with E-state index in [0.717, 1.165) is 57.1 Å². The van der Waals surface area contributed by atoms with E-state index in [1.54, 1.807) is 0 Å². The van der Waals surface area contributed by atoms with E-state index < -0.39 is 0 Å². The fraction of sp³-hybridized carbons (Fsp3) is 0.287. The zero-order chi connectivity index (χ0) is 83.1. The second-order valence-corrected chi connectivity index (χ2v) is 39.5. The summed E-state index contributed by atoms with van der Waals surface area (Å²) in [5.74, 6) is 0. The molecule has 0 bridgehead atoms. The van der Waals surface area contributed by atoms with Crippen LogP contribution in [-0.4, -0.2) is 43.8 Å². The summed E-state index contributed by atoms with van der Waals surface area (Å²) in [4.78, 5) is 28.7. The minimum Gasteiger partial charge on any atom is -0.335 e. The van der Waals surface area contributed by atoms with Crippen LogP contribution >= 0.6 is 0 Å². The fourth-order valence-corrected chi connectivity index (χ4v) is 27.5. The highest BCUT2D eigenvalue weighted by Gasteiger charge is 2.62. The highest BCUT2D eigenvalue weighted by atomic mass is 15.3. The molecular weight excluding hydrogens is 1490 g/mol. The highest BCUT2D eigenvalue weighted by Crippen LogP contribution is 2.68. The van der Waals surface area contributed by atoms with Crippen LogP contribution in [0.25, 0.3) is 131 Å². The van der Waals surface area contributed by atoms with Crippen molar-refractivity contribution in [1.29, 1.82) is 0 Å². The van der Waals surface area contributed by atoms with E-state index in [4.69, 9.17) is 0 Å². The summed E-state index contributed by atoms with van der Waals surface area (Å²) < 4.78 is 0. The first-order valence-electron chi connectivity index (χ1n) is 45.8. The van der Waals surface area contributed by atoms with Crippen molar-refractivity contribution in [3.8, 4) is 66.8 Å². The van der Waals surface area contributed by atoms with Gasteiger partial charge in [-0.25, -0.2) is 0 Å². The number of aliphatic imine (C=N–C) groups is 1. The number of fused-ring (bicyclic) bond motifs is 18. The normalized spacial score (nSPS) is 25.8. The number of hydrogen-bond donors (Lipinski definition) is 0. The lowest BCUT2D eigenvalue weighted by atomic mass is 9.61. The number of nitrogens with zero attached hydrogens (tertiary/aromatic N) is 8. The minimum absolute atomic E-state index is 0.108. The Bertz CT molecular complexity index is 6900. The summed E-state index contributed by atoms with van der Waals surface area (Å²) in [6.07, 6.45) is 36.7. The van der Waals surface area contributed by atoms with Crippen molar-refractivity contribution < 1.29 is 0 Å². The molecule has 4 fully saturated rings. The van der Waals surface area contributed by atoms with Gasteiger partial charge in [-0.3, -0.25) is 19.9 Å². The number of aromatic nitrogens is 3. The largest absolute Gasteiger partial charge is 0.335 e. The Kier molecular flexibility index (Phi) is 16.1. The Balaban J connectivity index is 0.815. The number of pyridine rings is 3. The summed E-state index contributed by atoms with van der Waals surface area (Å²) >= 11 is 0. The third kappa shape index (κ3) is 9.73. The van der Waals surface area contributed by atoms with Crippen molar-refractivity contribution in [2.45, 2.75) is 209 Å². The molecule has 8 atom stereocenters. The average molecular weight is 1600 g/mol. The van der Waals surface area contributed by atoms with Gasteiger partial charge in [0.1, 0.15) is 0 Å². The summed E-state index contributed by atoms with van der Waals surface area (Å²) in [5.41, 5.74) is 29.9. The quantitative estimate of drug-likeness (QED) is 0.0892. The molecule has 606 valence electrons. The van der Waals surface area contributed by atoms with Crippen LogP contribution in [0, 0.1) is 0 Å². The molecule has 8 nitrogen and oxygen atoms in total. The summed E-state index contributed by atoms with van der Waals surface area (Å²) in [6, 6.07) is 87.5. The van der Waals surface area contributed by atoms with Crippen LogP contribution in [0.1, 0.15) is 187 Å². The van der Waals surface area contributed by atoms with E-state index in [2.05, 4.69) is 339 Å². The standard InChI is InChI=1S/C115H106N8/c1-11-78(46-61-116-10)120-94-42-30-74(68-90(94)108(2)53-18-22-57-112(108,120)6)82-34-38-86-102-87(39-35-83(100(82)102)75-31-43-95-91(69-75)109(3)54-19-23-58-113(109,7)121(95)79-47-62-117-63-48-79)105-99(73-28-16-13-17-29-73)107-89-41-37-85(77-33-45-97-93(71-77)111(5)56-21-25-60-115(111,9)123(97)81-51-66-119-67-52-81)101-84(36-40-88(103(89)101)106(107)98(104(86)105)72-26-14-12-15-27-72)76-32-44-96-92(70-76)110(4)55-20-24-59-114(110,8)122(96)80-49-64-118-65-50-80/h11-17,26-52,61-71H,10,18-25,53-60H2,1-9H3/b61-46-,78-11+. The van der Waals surface area contributed by atoms with Crippen molar-refractivity contribution in [2.75, 3.05) is 19.6 Å².